The van der Waals surface area contributed by atoms with Crippen molar-refractivity contribution in [2.45, 2.75) is 6.92 Å². The van der Waals surface area contributed by atoms with Crippen LogP contribution in [0.25, 0.3) is 0 Å². The van der Waals surface area contributed by atoms with Crippen LogP contribution in [-0.4, -0.2) is 10.7 Å². The van der Waals surface area contributed by atoms with E-state index in [0.717, 1.165) is 6.07 Å². The highest BCUT2D eigenvalue weighted by Crippen LogP contribution is 2.33. The van der Waals surface area contributed by atoms with E-state index in [2.05, 4.69) is 15.9 Å². The quantitative estimate of drug-likeness (QED) is 0.461. The summed E-state index contributed by atoms with van der Waals surface area (Å²) in [6.07, 6.45) is 0. The zero-order valence-corrected chi connectivity index (χ0v) is 12.4. The molecule has 0 N–H and O–H groups in total. The molecule has 0 heterocycles. The maximum Gasteiger partial charge on any atom is 0.270 e. The molecule has 2 aromatic carbocycles. The van der Waals surface area contributed by atoms with Crippen molar-refractivity contribution >= 4 is 27.4 Å². The van der Waals surface area contributed by atoms with Gasteiger partial charge in [0.05, 0.1) is 15.0 Å². The van der Waals surface area contributed by atoms with E-state index >= 15 is 0 Å². The van der Waals surface area contributed by atoms with Gasteiger partial charge in [0.2, 0.25) is 0 Å². The van der Waals surface area contributed by atoms with Crippen molar-refractivity contribution in [3.63, 3.8) is 0 Å². The minimum atomic E-state index is -0.593. The number of benzene rings is 2. The van der Waals surface area contributed by atoms with E-state index in [4.69, 9.17) is 4.74 Å². The smallest absolute Gasteiger partial charge is 0.270 e. The van der Waals surface area contributed by atoms with Gasteiger partial charge in [0, 0.05) is 12.1 Å². The number of nitro groups is 1. The van der Waals surface area contributed by atoms with Crippen LogP contribution in [0.15, 0.2) is 40.9 Å². The number of carbonyl (C=O) groups excluding carboxylic acids is 1. The summed E-state index contributed by atoms with van der Waals surface area (Å²) in [7, 11) is 0. The summed E-state index contributed by atoms with van der Waals surface area (Å²) in [6.45, 7) is 1.28. The van der Waals surface area contributed by atoms with Crippen molar-refractivity contribution < 1.29 is 18.8 Å². The molecule has 0 aliphatic heterocycles. The zero-order valence-electron chi connectivity index (χ0n) is 10.8. The average Bonchev–Trinajstić information content (AvgIpc) is 2.41. The van der Waals surface area contributed by atoms with Gasteiger partial charge >= 0.3 is 0 Å². The average molecular weight is 354 g/mol. The van der Waals surface area contributed by atoms with Gasteiger partial charge in [0.15, 0.2) is 5.78 Å². The number of hydrogen-bond donors (Lipinski definition) is 0. The third kappa shape index (κ3) is 3.43. The fourth-order valence-corrected chi connectivity index (χ4v) is 2.10. The monoisotopic (exact) mass is 353 g/mol. The fourth-order valence-electron chi connectivity index (χ4n) is 1.67. The lowest BCUT2D eigenvalue weighted by Gasteiger charge is -2.10. The van der Waals surface area contributed by atoms with Crippen LogP contribution < -0.4 is 4.74 Å². The van der Waals surface area contributed by atoms with Crippen LogP contribution >= 0.6 is 15.9 Å². The molecule has 0 aromatic heterocycles. The minimum Gasteiger partial charge on any atom is -0.455 e. The molecule has 0 atom stereocenters. The predicted molar refractivity (Wildman–Crippen MR) is 77.3 cm³/mol. The third-order valence-electron chi connectivity index (χ3n) is 2.67. The summed E-state index contributed by atoms with van der Waals surface area (Å²) in [5.74, 6) is -0.343. The summed E-state index contributed by atoms with van der Waals surface area (Å²) in [5.41, 5.74) is -0.119. The lowest BCUT2D eigenvalue weighted by molar-refractivity contribution is -0.384. The molecule has 108 valence electrons. The number of rotatable bonds is 4. The highest BCUT2D eigenvalue weighted by atomic mass is 79.9. The summed E-state index contributed by atoms with van der Waals surface area (Å²) < 4.78 is 18.9. The lowest BCUT2D eigenvalue weighted by atomic mass is 10.1. The number of Topliss-reactive ketones (excluding diaryl/α,β-unsaturated/α-hetero) is 1. The summed E-state index contributed by atoms with van der Waals surface area (Å²) >= 11 is 3.15. The van der Waals surface area contributed by atoms with Crippen LogP contribution in [-0.2, 0) is 0 Å². The van der Waals surface area contributed by atoms with E-state index in [1.165, 1.54) is 37.3 Å². The van der Waals surface area contributed by atoms with Gasteiger partial charge in [-0.3, -0.25) is 14.9 Å². The van der Waals surface area contributed by atoms with Crippen molar-refractivity contribution in [2.24, 2.45) is 0 Å². The molecule has 0 bridgehead atoms. The number of nitrogens with zero attached hydrogens (tertiary/aromatic N) is 1. The van der Waals surface area contributed by atoms with Crippen molar-refractivity contribution in [3.05, 3.63) is 62.4 Å². The Labute approximate surface area is 127 Å². The molecule has 2 aromatic rings. The first-order chi connectivity index (χ1) is 9.88. The van der Waals surface area contributed by atoms with Gasteiger partial charge in [0.25, 0.3) is 5.69 Å². The number of carbonyl (C=O) groups is 1. The first-order valence-electron chi connectivity index (χ1n) is 5.81. The van der Waals surface area contributed by atoms with Gasteiger partial charge in [0.1, 0.15) is 17.3 Å². The second-order valence-electron chi connectivity index (χ2n) is 4.17. The van der Waals surface area contributed by atoms with Gasteiger partial charge in [-0.15, -0.1) is 0 Å². The van der Waals surface area contributed by atoms with Gasteiger partial charge < -0.3 is 4.74 Å². The maximum absolute atomic E-state index is 13.0. The Morgan fingerprint density at radius 2 is 1.90 bits per heavy atom. The second kappa shape index (κ2) is 6.01. The Balaban J connectivity index is 2.44. The molecule has 0 radical (unpaired) electrons. The van der Waals surface area contributed by atoms with E-state index < -0.39 is 10.7 Å². The predicted octanol–water partition coefficient (Wildman–Crippen LogP) is 4.49. The molecule has 0 amide bonds. The van der Waals surface area contributed by atoms with Crippen LogP contribution in [0.3, 0.4) is 0 Å². The molecule has 0 aliphatic rings. The zero-order chi connectivity index (χ0) is 15.6. The molecule has 0 fully saturated rings. The third-order valence-corrected chi connectivity index (χ3v) is 3.29. The van der Waals surface area contributed by atoms with Crippen LogP contribution in [0, 0.1) is 15.9 Å². The SMILES string of the molecule is CC(=O)c1cc([N+](=O)[O-])ccc1Oc1ccc(F)cc1Br. The van der Waals surface area contributed by atoms with E-state index in [9.17, 15) is 19.3 Å². The fraction of sp³-hybridized carbons (Fsp3) is 0.0714. The summed E-state index contributed by atoms with van der Waals surface area (Å²) in [6, 6.07) is 7.54. The van der Waals surface area contributed by atoms with Crippen molar-refractivity contribution in [1.82, 2.24) is 0 Å². The largest absolute Gasteiger partial charge is 0.455 e. The maximum atomic E-state index is 13.0. The molecular weight excluding hydrogens is 345 g/mol. The van der Waals surface area contributed by atoms with Crippen molar-refractivity contribution in [2.75, 3.05) is 0 Å². The van der Waals surface area contributed by atoms with Gasteiger partial charge in [-0.1, -0.05) is 0 Å². The Morgan fingerprint density at radius 1 is 1.24 bits per heavy atom. The molecule has 7 heteroatoms. The van der Waals surface area contributed by atoms with Crippen LogP contribution in [0.4, 0.5) is 10.1 Å². The van der Waals surface area contributed by atoms with Crippen molar-refractivity contribution in [1.29, 1.82) is 0 Å². The number of ether oxygens (including phenoxy) is 1. The van der Waals surface area contributed by atoms with E-state index in [-0.39, 0.29) is 22.8 Å². The van der Waals surface area contributed by atoms with Crippen LogP contribution in [0.1, 0.15) is 17.3 Å². The number of ketones is 1. The van der Waals surface area contributed by atoms with E-state index in [1.807, 2.05) is 0 Å². The van der Waals surface area contributed by atoms with Gasteiger partial charge in [-0.05, 0) is 47.1 Å². The Bertz CT molecular complexity index is 733. The Morgan fingerprint density at radius 3 is 2.48 bits per heavy atom. The van der Waals surface area contributed by atoms with Gasteiger partial charge in [-0.25, -0.2) is 4.39 Å². The first-order valence-corrected chi connectivity index (χ1v) is 6.60. The highest BCUT2D eigenvalue weighted by Gasteiger charge is 2.16. The molecular formula is C14H9BrFNO4. The second-order valence-corrected chi connectivity index (χ2v) is 5.02. The van der Waals surface area contributed by atoms with Gasteiger partial charge in [-0.2, -0.15) is 0 Å². The standard InChI is InChI=1S/C14H9BrFNO4/c1-8(18)11-7-10(17(19)20)3-5-13(11)21-14-4-2-9(16)6-12(14)15/h2-7H,1H3. The molecule has 0 unspecified atom stereocenters. The number of halogens is 2. The normalized spacial score (nSPS) is 10.2. The number of nitro benzene ring substituents is 1. The van der Waals surface area contributed by atoms with Crippen molar-refractivity contribution in [3.8, 4) is 11.5 Å². The van der Waals surface area contributed by atoms with E-state index in [0.29, 0.717) is 10.2 Å². The topological polar surface area (TPSA) is 69.4 Å². The van der Waals surface area contributed by atoms with Crippen LogP contribution in [0.5, 0.6) is 11.5 Å². The molecule has 2 rings (SSSR count). The molecule has 21 heavy (non-hydrogen) atoms. The minimum absolute atomic E-state index is 0.0837. The molecule has 0 spiro atoms. The Hall–Kier alpha value is -2.28. The highest BCUT2D eigenvalue weighted by molar-refractivity contribution is 9.10. The number of hydrogen-bond acceptors (Lipinski definition) is 4. The van der Waals surface area contributed by atoms with E-state index in [1.54, 1.807) is 0 Å². The lowest BCUT2D eigenvalue weighted by Crippen LogP contribution is -1.99. The molecule has 0 aliphatic carbocycles. The Kier molecular flexibility index (Phi) is 4.32. The molecule has 5 nitrogen and oxygen atoms in total. The van der Waals surface area contributed by atoms with Crippen LogP contribution in [0.2, 0.25) is 0 Å². The molecule has 0 saturated carbocycles. The first kappa shape index (κ1) is 15.1. The molecule has 0 saturated heterocycles. The number of non-ortho nitro benzene ring substituents is 1. The summed E-state index contributed by atoms with van der Waals surface area (Å²) in [5, 5.41) is 10.7. The summed E-state index contributed by atoms with van der Waals surface area (Å²) in [4.78, 5) is 21.7.